The smallest absolute Gasteiger partial charge is 0.413 e. The highest BCUT2D eigenvalue weighted by molar-refractivity contribution is 6.42. The molecular weight excluding hydrogens is 371 g/mol. The van der Waals surface area contributed by atoms with Gasteiger partial charge in [-0.25, -0.2) is 9.48 Å². The lowest BCUT2D eigenvalue weighted by molar-refractivity contribution is -0.384. The van der Waals surface area contributed by atoms with E-state index in [1.165, 1.54) is 29.1 Å². The molecule has 1 aromatic heterocycles. The molecule has 0 spiro atoms. The Morgan fingerprint density at radius 2 is 2.04 bits per heavy atom. The minimum absolute atomic E-state index is 0.0745. The van der Waals surface area contributed by atoms with Gasteiger partial charge in [0.25, 0.3) is 5.69 Å². The molecule has 0 unspecified atom stereocenters. The average Bonchev–Trinajstić information content (AvgIpc) is 2.98. The quantitative estimate of drug-likeness (QED) is 0.531. The van der Waals surface area contributed by atoms with E-state index in [-0.39, 0.29) is 12.4 Å². The number of fused-ring (bicyclic) bond motifs is 1. The van der Waals surface area contributed by atoms with Crippen LogP contribution < -0.4 is 5.32 Å². The van der Waals surface area contributed by atoms with Crippen molar-refractivity contribution in [3.63, 3.8) is 0 Å². The molecule has 8 nitrogen and oxygen atoms in total. The zero-order valence-electron chi connectivity index (χ0n) is 12.5. The first kappa shape index (κ1) is 17.0. The number of hydrogen-bond acceptors (Lipinski definition) is 5. The predicted molar refractivity (Wildman–Crippen MR) is 93.0 cm³/mol. The number of amides is 1. The van der Waals surface area contributed by atoms with Crippen molar-refractivity contribution >= 4 is 51.6 Å². The van der Waals surface area contributed by atoms with Gasteiger partial charge in [0.05, 0.1) is 26.7 Å². The van der Waals surface area contributed by atoms with E-state index in [0.29, 0.717) is 26.6 Å². The van der Waals surface area contributed by atoms with Crippen LogP contribution >= 0.6 is 23.2 Å². The topological polar surface area (TPSA) is 99.3 Å². The number of nitro benzene ring substituents is 1. The second-order valence-corrected chi connectivity index (χ2v) is 5.77. The lowest BCUT2D eigenvalue weighted by Gasteiger charge is -2.08. The number of ether oxygens (including phenoxy) is 1. The third kappa shape index (κ3) is 3.81. The monoisotopic (exact) mass is 380 g/mol. The number of halogens is 2. The van der Waals surface area contributed by atoms with E-state index in [1.807, 2.05) is 0 Å². The Labute approximate surface area is 151 Å². The van der Waals surface area contributed by atoms with Crippen LogP contribution in [0.5, 0.6) is 0 Å². The number of nitrogens with zero attached hydrogens (tertiary/aromatic N) is 3. The Bertz CT molecular complexity index is 973. The molecule has 1 N–H and O–H groups in total. The SMILES string of the molecule is O=C(Nc1ccc(Cl)c(Cl)c1)OCn1ncc2ccc([N+](=O)[O-])cc21. The zero-order chi connectivity index (χ0) is 18.0. The molecule has 0 atom stereocenters. The first-order chi connectivity index (χ1) is 11.9. The first-order valence-electron chi connectivity index (χ1n) is 6.93. The molecule has 0 saturated carbocycles. The van der Waals surface area contributed by atoms with Gasteiger partial charge in [-0.2, -0.15) is 5.10 Å². The number of nitro groups is 1. The van der Waals surface area contributed by atoms with E-state index in [0.717, 1.165) is 0 Å². The van der Waals surface area contributed by atoms with E-state index >= 15 is 0 Å². The lowest BCUT2D eigenvalue weighted by atomic mass is 10.2. The largest absolute Gasteiger partial charge is 0.426 e. The first-order valence-corrected chi connectivity index (χ1v) is 7.68. The van der Waals surface area contributed by atoms with Crippen molar-refractivity contribution < 1.29 is 14.5 Å². The number of hydrogen-bond donors (Lipinski definition) is 1. The van der Waals surface area contributed by atoms with Gasteiger partial charge in [0.15, 0.2) is 6.73 Å². The highest BCUT2D eigenvalue weighted by Gasteiger charge is 2.12. The zero-order valence-corrected chi connectivity index (χ0v) is 14.0. The maximum absolute atomic E-state index is 11.9. The summed E-state index contributed by atoms with van der Waals surface area (Å²) in [5, 5.41) is 18.8. The van der Waals surface area contributed by atoms with Crippen molar-refractivity contribution in [2.75, 3.05) is 5.32 Å². The second-order valence-electron chi connectivity index (χ2n) is 4.96. The van der Waals surface area contributed by atoms with Crippen molar-refractivity contribution in [3.8, 4) is 0 Å². The van der Waals surface area contributed by atoms with Crippen molar-refractivity contribution in [2.45, 2.75) is 6.73 Å². The fraction of sp³-hybridized carbons (Fsp3) is 0.0667. The molecule has 0 aliphatic rings. The fourth-order valence-corrected chi connectivity index (χ4v) is 2.42. The molecule has 0 aliphatic carbocycles. The number of carbonyl (C=O) groups excluding carboxylic acids is 1. The molecule has 0 radical (unpaired) electrons. The maximum atomic E-state index is 11.9. The normalized spacial score (nSPS) is 10.6. The van der Waals surface area contributed by atoms with Gasteiger partial charge in [-0.15, -0.1) is 0 Å². The summed E-state index contributed by atoms with van der Waals surface area (Å²) < 4.78 is 6.42. The minimum Gasteiger partial charge on any atom is -0.426 e. The summed E-state index contributed by atoms with van der Waals surface area (Å²) >= 11 is 11.7. The Balaban J connectivity index is 1.69. The number of nitrogens with one attached hydrogen (secondary N) is 1. The van der Waals surface area contributed by atoms with E-state index < -0.39 is 11.0 Å². The number of aromatic nitrogens is 2. The number of anilines is 1. The molecular formula is C15H10Cl2N4O4. The average molecular weight is 381 g/mol. The van der Waals surface area contributed by atoms with E-state index in [9.17, 15) is 14.9 Å². The molecule has 1 heterocycles. The highest BCUT2D eigenvalue weighted by atomic mass is 35.5. The molecule has 128 valence electrons. The van der Waals surface area contributed by atoms with E-state index in [4.69, 9.17) is 27.9 Å². The standard InChI is InChI=1S/C15H10Cl2N4O4/c16-12-4-2-10(5-13(12)17)19-15(22)25-8-20-14-6-11(21(23)24)3-1-9(14)7-18-20/h1-7H,8H2,(H,19,22). The third-order valence-electron chi connectivity index (χ3n) is 3.32. The fourth-order valence-electron chi connectivity index (χ4n) is 2.12. The summed E-state index contributed by atoms with van der Waals surface area (Å²) in [5.41, 5.74) is 0.825. The highest BCUT2D eigenvalue weighted by Crippen LogP contribution is 2.25. The molecule has 0 fully saturated rings. The van der Waals surface area contributed by atoms with E-state index in [1.54, 1.807) is 18.2 Å². The molecule has 1 amide bonds. The van der Waals surface area contributed by atoms with Crippen molar-refractivity contribution in [1.29, 1.82) is 0 Å². The summed E-state index contributed by atoms with van der Waals surface area (Å²) in [6.07, 6.45) is 0.798. The van der Waals surface area contributed by atoms with E-state index in [2.05, 4.69) is 10.4 Å². The number of rotatable bonds is 4. The second kappa shape index (κ2) is 6.96. The van der Waals surface area contributed by atoms with Crippen molar-refractivity contribution in [3.05, 3.63) is 62.8 Å². The number of carbonyl (C=O) groups is 1. The maximum Gasteiger partial charge on any atom is 0.413 e. The predicted octanol–water partition coefficient (Wildman–Crippen LogP) is 4.46. The molecule has 3 aromatic rings. The summed E-state index contributed by atoms with van der Waals surface area (Å²) in [6, 6.07) is 8.92. The summed E-state index contributed by atoms with van der Waals surface area (Å²) in [6.45, 7) is -0.210. The summed E-state index contributed by atoms with van der Waals surface area (Å²) in [5.74, 6) is 0. The number of non-ortho nitro benzene ring substituents is 1. The number of benzene rings is 2. The van der Waals surface area contributed by atoms with Crippen LogP contribution in [0.1, 0.15) is 0 Å². The molecule has 2 aromatic carbocycles. The molecule has 0 bridgehead atoms. The van der Waals surface area contributed by atoms with Gasteiger partial charge in [0.2, 0.25) is 0 Å². The van der Waals surface area contributed by atoms with Crippen LogP contribution in [0.2, 0.25) is 10.0 Å². The molecule has 10 heteroatoms. The van der Waals surface area contributed by atoms with Crippen LogP contribution in [-0.2, 0) is 11.5 Å². The third-order valence-corrected chi connectivity index (χ3v) is 4.06. The van der Waals surface area contributed by atoms with Gasteiger partial charge >= 0.3 is 6.09 Å². The van der Waals surface area contributed by atoms with Gasteiger partial charge < -0.3 is 4.74 Å². The minimum atomic E-state index is -0.729. The van der Waals surface area contributed by atoms with Gasteiger partial charge in [-0.1, -0.05) is 23.2 Å². The summed E-state index contributed by atoms with van der Waals surface area (Å²) in [7, 11) is 0. The van der Waals surface area contributed by atoms with Crippen molar-refractivity contribution in [2.24, 2.45) is 0 Å². The van der Waals surface area contributed by atoms with Crippen LogP contribution in [0.15, 0.2) is 42.6 Å². The van der Waals surface area contributed by atoms with Crippen LogP contribution in [0.4, 0.5) is 16.2 Å². The Hall–Kier alpha value is -2.84. The van der Waals surface area contributed by atoms with Crippen LogP contribution in [0, 0.1) is 10.1 Å². The van der Waals surface area contributed by atoms with Gasteiger partial charge in [-0.05, 0) is 24.3 Å². The molecule has 0 saturated heterocycles. The van der Waals surface area contributed by atoms with Gasteiger partial charge in [0, 0.05) is 23.2 Å². The summed E-state index contributed by atoms with van der Waals surface area (Å²) in [4.78, 5) is 22.2. The van der Waals surface area contributed by atoms with Crippen LogP contribution in [0.25, 0.3) is 10.9 Å². The van der Waals surface area contributed by atoms with Crippen molar-refractivity contribution in [1.82, 2.24) is 9.78 Å². The molecule has 0 aliphatic heterocycles. The Morgan fingerprint density at radius 3 is 2.76 bits per heavy atom. The van der Waals surface area contributed by atoms with Crippen LogP contribution in [0.3, 0.4) is 0 Å². The van der Waals surface area contributed by atoms with Gasteiger partial charge in [0.1, 0.15) is 0 Å². The molecule has 25 heavy (non-hydrogen) atoms. The lowest BCUT2D eigenvalue weighted by Crippen LogP contribution is -2.16. The Morgan fingerprint density at radius 1 is 1.24 bits per heavy atom. The van der Waals surface area contributed by atoms with Gasteiger partial charge in [-0.3, -0.25) is 15.4 Å². The molecule has 3 rings (SSSR count). The Kier molecular flexibility index (Phi) is 4.73. The van der Waals surface area contributed by atoms with Crippen LogP contribution in [-0.4, -0.2) is 20.8 Å².